The van der Waals surface area contributed by atoms with Crippen LogP contribution in [0.15, 0.2) is 33.5 Å². The predicted molar refractivity (Wildman–Crippen MR) is 94.6 cm³/mol. The van der Waals surface area contributed by atoms with Gasteiger partial charge in [-0.3, -0.25) is 5.32 Å². The molecule has 1 aromatic carbocycles. The summed E-state index contributed by atoms with van der Waals surface area (Å²) in [4.78, 5) is 23.3. The molecule has 0 saturated heterocycles. The van der Waals surface area contributed by atoms with Crippen LogP contribution in [-0.4, -0.2) is 24.8 Å². The zero-order chi connectivity index (χ0) is 17.7. The van der Waals surface area contributed by atoms with Crippen LogP contribution in [0.3, 0.4) is 0 Å². The number of hydrogen-bond donors (Lipinski definition) is 2. The molecule has 0 aliphatic heterocycles. The van der Waals surface area contributed by atoms with Crippen LogP contribution in [0.2, 0.25) is 0 Å². The molecule has 0 aliphatic carbocycles. The minimum Gasteiger partial charge on any atom is -0.450 e. The summed E-state index contributed by atoms with van der Waals surface area (Å²) in [5, 5.41) is 6.86. The summed E-state index contributed by atoms with van der Waals surface area (Å²) in [6, 6.07) is 6.76. The van der Waals surface area contributed by atoms with Gasteiger partial charge in [0.25, 0.3) is 0 Å². The molecule has 1 heterocycles. The van der Waals surface area contributed by atoms with Gasteiger partial charge in [-0.2, -0.15) is 0 Å². The van der Waals surface area contributed by atoms with Gasteiger partial charge >= 0.3 is 11.7 Å². The largest absolute Gasteiger partial charge is 0.450 e. The first-order valence-electron chi connectivity index (χ1n) is 8.04. The Morgan fingerprint density at radius 3 is 2.67 bits per heavy atom. The number of hydrogen-bond acceptors (Lipinski definition) is 5. The summed E-state index contributed by atoms with van der Waals surface area (Å²) >= 11 is 0. The average molecular weight is 332 g/mol. The van der Waals surface area contributed by atoms with E-state index in [0.717, 1.165) is 17.5 Å². The predicted octanol–water partition coefficient (Wildman–Crippen LogP) is 3.29. The molecule has 0 radical (unpaired) electrons. The minimum atomic E-state index is -0.537. The molecule has 0 aliphatic rings. The van der Waals surface area contributed by atoms with Crippen LogP contribution in [0.1, 0.15) is 33.3 Å². The van der Waals surface area contributed by atoms with Gasteiger partial charge in [0.05, 0.1) is 6.61 Å². The molecule has 2 rings (SSSR count). The highest BCUT2D eigenvalue weighted by Crippen LogP contribution is 2.22. The van der Waals surface area contributed by atoms with Crippen molar-refractivity contribution in [1.29, 1.82) is 0 Å². The van der Waals surface area contributed by atoms with Crippen molar-refractivity contribution in [2.24, 2.45) is 0 Å². The monoisotopic (exact) mass is 332 g/mol. The topological polar surface area (TPSA) is 80.6 Å². The summed E-state index contributed by atoms with van der Waals surface area (Å²) in [6.07, 6.45) is 0.175. The second-order valence-corrected chi connectivity index (χ2v) is 6.57. The molecule has 24 heavy (non-hydrogen) atoms. The lowest BCUT2D eigenvalue weighted by molar-refractivity contribution is 0.168. The summed E-state index contributed by atoms with van der Waals surface area (Å²) in [5.41, 5.74) is 1.50. The number of nitrogens with one attached hydrogen (secondary N) is 2. The van der Waals surface area contributed by atoms with E-state index in [9.17, 15) is 9.59 Å². The van der Waals surface area contributed by atoms with Crippen molar-refractivity contribution in [3.05, 3.63) is 40.2 Å². The number of benzene rings is 1. The third-order valence-corrected chi connectivity index (χ3v) is 3.40. The van der Waals surface area contributed by atoms with Crippen molar-refractivity contribution >= 4 is 22.7 Å². The first-order chi connectivity index (χ1) is 11.3. The van der Waals surface area contributed by atoms with E-state index in [1.807, 2.05) is 6.07 Å². The Hall–Kier alpha value is -2.34. The maximum atomic E-state index is 11.8. The Morgan fingerprint density at radius 1 is 1.25 bits per heavy atom. The normalized spacial score (nSPS) is 11.5. The highest BCUT2D eigenvalue weighted by Gasteiger charge is 2.11. The number of carbonyl (C=O) groups excluding carboxylic acids is 1. The summed E-state index contributed by atoms with van der Waals surface area (Å²) < 4.78 is 10.1. The zero-order valence-corrected chi connectivity index (χ0v) is 14.6. The molecule has 2 aromatic rings. The summed E-state index contributed by atoms with van der Waals surface area (Å²) in [7, 11) is 0. The molecule has 6 heteroatoms. The molecular weight excluding hydrogens is 308 g/mol. The fourth-order valence-electron chi connectivity index (χ4n) is 2.37. The second-order valence-electron chi connectivity index (χ2n) is 6.57. The van der Waals surface area contributed by atoms with Gasteiger partial charge in [-0.25, -0.2) is 9.59 Å². The molecular formula is C18H24N2O4. The quantitative estimate of drug-likeness (QED) is 0.821. The van der Waals surface area contributed by atoms with Gasteiger partial charge in [-0.05, 0) is 58.4 Å². The Kier molecular flexibility index (Phi) is 5.62. The molecule has 0 fully saturated rings. The van der Waals surface area contributed by atoms with Gasteiger partial charge in [-0.1, -0.05) is 0 Å². The van der Waals surface area contributed by atoms with Gasteiger partial charge in [-0.15, -0.1) is 0 Å². The van der Waals surface area contributed by atoms with E-state index in [0.29, 0.717) is 24.3 Å². The van der Waals surface area contributed by atoms with Crippen LogP contribution >= 0.6 is 0 Å². The van der Waals surface area contributed by atoms with Gasteiger partial charge in [0, 0.05) is 28.7 Å². The summed E-state index contributed by atoms with van der Waals surface area (Å²) in [5.74, 6) is 0. The maximum absolute atomic E-state index is 11.8. The van der Waals surface area contributed by atoms with E-state index >= 15 is 0 Å². The number of rotatable bonds is 5. The van der Waals surface area contributed by atoms with Crippen LogP contribution in [0.5, 0.6) is 0 Å². The zero-order valence-electron chi connectivity index (χ0n) is 14.6. The van der Waals surface area contributed by atoms with Crippen molar-refractivity contribution in [1.82, 2.24) is 5.32 Å². The molecule has 6 nitrogen and oxygen atoms in total. The van der Waals surface area contributed by atoms with Gasteiger partial charge < -0.3 is 14.5 Å². The third kappa shape index (κ3) is 5.09. The van der Waals surface area contributed by atoms with Crippen molar-refractivity contribution < 1.29 is 13.9 Å². The number of anilines is 1. The van der Waals surface area contributed by atoms with Crippen LogP contribution in [0.25, 0.3) is 11.0 Å². The average Bonchev–Trinajstić information content (AvgIpc) is 2.45. The summed E-state index contributed by atoms with van der Waals surface area (Å²) in [6.45, 7) is 9.06. The van der Waals surface area contributed by atoms with Crippen LogP contribution in [0, 0.1) is 0 Å². The molecule has 130 valence electrons. The molecule has 0 atom stereocenters. The Morgan fingerprint density at radius 2 is 2.00 bits per heavy atom. The number of ether oxygens (including phenoxy) is 1. The fourth-order valence-corrected chi connectivity index (χ4v) is 2.37. The lowest BCUT2D eigenvalue weighted by atomic mass is 10.0. The standard InChI is InChI=1S/C18H24N2O4/c1-5-23-17(22)20-13-6-7-14-12(8-9-19-18(2,3)4)10-16(21)24-15(14)11-13/h6-7,10-11,19H,5,8-9H2,1-4H3,(H,20,22). The van der Waals surface area contributed by atoms with Gasteiger partial charge in [0.2, 0.25) is 0 Å². The highest BCUT2D eigenvalue weighted by atomic mass is 16.5. The van der Waals surface area contributed by atoms with Crippen LogP contribution < -0.4 is 16.3 Å². The second kappa shape index (κ2) is 7.49. The number of carbonyl (C=O) groups is 1. The van der Waals surface area contributed by atoms with Crippen molar-refractivity contribution in [3.63, 3.8) is 0 Å². The lowest BCUT2D eigenvalue weighted by Crippen LogP contribution is -2.37. The van der Waals surface area contributed by atoms with Crippen LogP contribution in [0.4, 0.5) is 10.5 Å². The van der Waals surface area contributed by atoms with E-state index in [1.165, 1.54) is 6.07 Å². The van der Waals surface area contributed by atoms with Crippen molar-refractivity contribution in [2.45, 2.75) is 39.7 Å². The van der Waals surface area contributed by atoms with E-state index in [2.05, 4.69) is 31.4 Å². The molecule has 0 spiro atoms. The maximum Gasteiger partial charge on any atom is 0.411 e. The Balaban J connectivity index is 2.24. The molecule has 1 amide bonds. The highest BCUT2D eigenvalue weighted by molar-refractivity contribution is 5.89. The molecule has 2 N–H and O–H groups in total. The van der Waals surface area contributed by atoms with Gasteiger partial charge in [0.15, 0.2) is 0 Å². The molecule has 0 unspecified atom stereocenters. The van der Waals surface area contributed by atoms with Crippen molar-refractivity contribution in [3.8, 4) is 0 Å². The van der Waals surface area contributed by atoms with Crippen molar-refractivity contribution in [2.75, 3.05) is 18.5 Å². The number of amides is 1. The smallest absolute Gasteiger partial charge is 0.411 e. The third-order valence-electron chi connectivity index (χ3n) is 3.40. The molecule has 1 aromatic heterocycles. The molecule has 0 bridgehead atoms. The van der Waals surface area contributed by atoms with E-state index in [4.69, 9.17) is 9.15 Å². The van der Waals surface area contributed by atoms with E-state index in [1.54, 1.807) is 19.1 Å². The molecule has 0 saturated carbocycles. The lowest BCUT2D eigenvalue weighted by Gasteiger charge is -2.20. The fraction of sp³-hybridized carbons (Fsp3) is 0.444. The Bertz CT molecular complexity index is 775. The Labute approximate surface area is 141 Å². The van der Waals surface area contributed by atoms with E-state index in [-0.39, 0.29) is 5.54 Å². The minimum absolute atomic E-state index is 0.0198. The van der Waals surface area contributed by atoms with Crippen LogP contribution in [-0.2, 0) is 11.2 Å². The number of fused-ring (bicyclic) bond motifs is 1. The first kappa shape index (κ1) is 18.0. The first-order valence-corrected chi connectivity index (χ1v) is 8.04. The SMILES string of the molecule is CCOC(=O)Nc1ccc2c(CCNC(C)(C)C)cc(=O)oc2c1. The van der Waals surface area contributed by atoms with E-state index < -0.39 is 11.7 Å². The van der Waals surface area contributed by atoms with Gasteiger partial charge in [0.1, 0.15) is 5.58 Å².